The number of carboxylic acid groups (broad SMARTS) is 1. The predicted molar refractivity (Wildman–Crippen MR) is 239 cm³/mol. The Morgan fingerprint density at radius 3 is 0.906 bits per heavy atom. The first-order chi connectivity index (χ1) is 30.0. The van der Waals surface area contributed by atoms with Crippen LogP contribution in [0.5, 0.6) is 0 Å². The molecule has 30 N–H and O–H groups in total. The van der Waals surface area contributed by atoms with Crippen LogP contribution in [0.3, 0.4) is 0 Å². The van der Waals surface area contributed by atoms with Crippen molar-refractivity contribution < 1.29 is 38.7 Å². The van der Waals surface area contributed by atoms with Crippen LogP contribution in [0, 0.1) is 0 Å². The van der Waals surface area contributed by atoms with Crippen LogP contribution in [0.1, 0.15) is 70.6 Å². The highest BCUT2D eigenvalue weighted by Crippen LogP contribution is 2.09. The van der Waals surface area contributed by atoms with Crippen LogP contribution in [0.25, 0.3) is 0 Å². The van der Waals surface area contributed by atoms with Crippen molar-refractivity contribution in [2.24, 2.45) is 93.8 Å². The van der Waals surface area contributed by atoms with Gasteiger partial charge in [0.1, 0.15) is 30.2 Å². The molecule has 0 bridgehead atoms. The largest absolute Gasteiger partial charge is 0.480 e. The topological polar surface area (TPSA) is 574 Å². The van der Waals surface area contributed by atoms with Crippen LogP contribution in [-0.2, 0) is 33.6 Å². The first-order valence-corrected chi connectivity index (χ1v) is 20.1. The number of aliphatic imine (C=N–C) groups is 5. The average molecular weight is 913 g/mol. The summed E-state index contributed by atoms with van der Waals surface area (Å²) < 4.78 is 0. The minimum atomic E-state index is -1.60. The van der Waals surface area contributed by atoms with Gasteiger partial charge in [-0.2, -0.15) is 0 Å². The maximum atomic E-state index is 14.0. The Hall–Kier alpha value is -7.40. The molecular formula is C34H68N22O8. The van der Waals surface area contributed by atoms with Gasteiger partial charge in [-0.15, -0.1) is 0 Å². The lowest BCUT2D eigenvalue weighted by Gasteiger charge is -2.27. The fourth-order valence-electron chi connectivity index (χ4n) is 5.51. The zero-order valence-electron chi connectivity index (χ0n) is 35.7. The molecule has 30 nitrogen and oxygen atoms in total. The zero-order chi connectivity index (χ0) is 48.8. The van der Waals surface area contributed by atoms with Gasteiger partial charge in [-0.1, -0.05) is 0 Å². The van der Waals surface area contributed by atoms with Crippen LogP contribution in [0.15, 0.2) is 25.0 Å². The number of carbonyl (C=O) groups is 7. The van der Waals surface area contributed by atoms with Crippen molar-refractivity contribution in [3.8, 4) is 0 Å². The van der Waals surface area contributed by atoms with Crippen LogP contribution in [0.4, 0.5) is 0 Å². The van der Waals surface area contributed by atoms with Gasteiger partial charge in [0.05, 0.1) is 12.5 Å². The number of aliphatic carboxylic acids is 1. The van der Waals surface area contributed by atoms with Crippen molar-refractivity contribution in [3.05, 3.63) is 0 Å². The van der Waals surface area contributed by atoms with E-state index in [1.165, 1.54) is 0 Å². The van der Waals surface area contributed by atoms with E-state index in [-0.39, 0.29) is 120 Å². The minimum absolute atomic E-state index is 0.00281. The summed E-state index contributed by atoms with van der Waals surface area (Å²) in [5.74, 6) is -8.01. The second-order valence-electron chi connectivity index (χ2n) is 14.2. The highest BCUT2D eigenvalue weighted by atomic mass is 16.4. The molecule has 0 aromatic rings. The van der Waals surface area contributed by atoms with Crippen LogP contribution in [-0.4, -0.2) is 145 Å². The Labute approximate surface area is 369 Å². The lowest BCUT2D eigenvalue weighted by atomic mass is 10.0. The fourth-order valence-corrected chi connectivity index (χ4v) is 5.51. The van der Waals surface area contributed by atoms with Gasteiger partial charge in [-0.25, -0.2) is 4.79 Å². The van der Waals surface area contributed by atoms with Gasteiger partial charge in [-0.05, 0) is 64.2 Å². The molecule has 0 saturated carbocycles. The molecule has 0 aliphatic rings. The number of guanidine groups is 5. The van der Waals surface area contributed by atoms with Crippen molar-refractivity contribution in [1.29, 1.82) is 0 Å². The number of carbonyl (C=O) groups excluding carboxylic acids is 6. The highest BCUT2D eigenvalue weighted by molar-refractivity contribution is 5.97. The molecule has 0 heterocycles. The van der Waals surface area contributed by atoms with Crippen LogP contribution >= 0.6 is 0 Å². The van der Waals surface area contributed by atoms with E-state index in [1.807, 2.05) is 0 Å². The van der Waals surface area contributed by atoms with E-state index < -0.39 is 84.1 Å². The van der Waals surface area contributed by atoms with E-state index in [0.29, 0.717) is 6.42 Å². The smallest absolute Gasteiger partial charge is 0.326 e. The monoisotopic (exact) mass is 913 g/mol. The number of hydrogen-bond acceptors (Lipinski definition) is 13. The number of rotatable bonds is 33. The normalized spacial score (nSPS) is 13.3. The fraction of sp³-hybridized carbons (Fsp3) is 0.647. The Morgan fingerprint density at radius 2 is 0.625 bits per heavy atom. The van der Waals surface area contributed by atoms with E-state index in [4.69, 9.17) is 68.8 Å². The number of primary amides is 1. The molecule has 362 valence electrons. The molecule has 0 radical (unpaired) electrons. The number of carboxylic acids is 1. The van der Waals surface area contributed by atoms with Crippen molar-refractivity contribution in [2.75, 3.05) is 32.7 Å². The van der Waals surface area contributed by atoms with Gasteiger partial charge in [0.25, 0.3) is 0 Å². The van der Waals surface area contributed by atoms with Gasteiger partial charge in [0, 0.05) is 32.7 Å². The summed E-state index contributed by atoms with van der Waals surface area (Å²) in [6.07, 6.45) is -0.240. The highest BCUT2D eigenvalue weighted by Gasteiger charge is 2.33. The summed E-state index contributed by atoms with van der Waals surface area (Å²) in [6, 6.07) is -8.43. The second-order valence-corrected chi connectivity index (χ2v) is 14.2. The molecule has 0 aromatic heterocycles. The number of nitrogens with one attached hydrogen (secondary N) is 5. The molecule has 0 aromatic carbocycles. The Kier molecular flexibility index (Phi) is 27.8. The number of hydrogen-bond donors (Lipinski definition) is 18. The third-order valence-electron chi connectivity index (χ3n) is 8.64. The van der Waals surface area contributed by atoms with Crippen molar-refractivity contribution in [3.63, 3.8) is 0 Å². The van der Waals surface area contributed by atoms with Gasteiger partial charge in [-0.3, -0.25) is 53.7 Å². The second kappa shape index (κ2) is 31.4. The summed E-state index contributed by atoms with van der Waals surface area (Å²) in [7, 11) is 0. The summed E-state index contributed by atoms with van der Waals surface area (Å²) in [4.78, 5) is 111. The quantitative estimate of drug-likeness (QED) is 0.0165. The maximum Gasteiger partial charge on any atom is 0.326 e. The van der Waals surface area contributed by atoms with E-state index in [2.05, 4.69) is 51.5 Å². The lowest BCUT2D eigenvalue weighted by molar-refractivity contribution is -0.142. The number of nitrogens with zero attached hydrogens (tertiary/aromatic N) is 5. The first-order valence-electron chi connectivity index (χ1n) is 20.1. The van der Waals surface area contributed by atoms with Crippen LogP contribution in [0.2, 0.25) is 0 Å². The van der Waals surface area contributed by atoms with E-state index in [9.17, 15) is 38.7 Å². The molecule has 0 unspecified atom stereocenters. The predicted octanol–water partition coefficient (Wildman–Crippen LogP) is -9.03. The van der Waals surface area contributed by atoms with Gasteiger partial charge < -0.3 is 100 Å². The van der Waals surface area contributed by atoms with Crippen molar-refractivity contribution in [2.45, 2.75) is 107 Å². The molecule has 30 heteroatoms. The Morgan fingerprint density at radius 1 is 0.375 bits per heavy atom. The van der Waals surface area contributed by atoms with Gasteiger partial charge in [0.15, 0.2) is 29.8 Å². The SMILES string of the molecule is NC(=O)C[C@H](NC(=O)[C@@H](N)CCCN=C(N)N)C(=O)N[C@@H](CCCN=C(N)N)C(=O)N[C@@H](CCCN=C(N)N)C(=O)N[C@@H](CCCN=C(N)N)C(=O)N[C@@H](CCCN=C(N)N)C(=O)O. The molecule has 0 aliphatic heterocycles. The van der Waals surface area contributed by atoms with E-state index in [0.717, 1.165) is 0 Å². The summed E-state index contributed by atoms with van der Waals surface area (Å²) in [5, 5.41) is 22.2. The molecular weight excluding hydrogens is 845 g/mol. The minimum Gasteiger partial charge on any atom is -0.480 e. The lowest BCUT2D eigenvalue weighted by Crippen LogP contribution is -2.59. The third kappa shape index (κ3) is 27.4. The molecule has 6 atom stereocenters. The molecule has 0 fully saturated rings. The van der Waals surface area contributed by atoms with Crippen molar-refractivity contribution in [1.82, 2.24) is 26.6 Å². The van der Waals surface area contributed by atoms with E-state index >= 15 is 0 Å². The van der Waals surface area contributed by atoms with E-state index in [1.54, 1.807) is 0 Å². The van der Waals surface area contributed by atoms with Gasteiger partial charge in [0.2, 0.25) is 35.4 Å². The van der Waals surface area contributed by atoms with Crippen LogP contribution < -0.4 is 95.4 Å². The third-order valence-corrected chi connectivity index (χ3v) is 8.64. The molecule has 0 rings (SSSR count). The summed E-state index contributed by atoms with van der Waals surface area (Å²) in [5.41, 5.74) is 65.2. The Bertz CT molecular complexity index is 1690. The molecule has 0 saturated heterocycles. The summed E-state index contributed by atoms with van der Waals surface area (Å²) >= 11 is 0. The van der Waals surface area contributed by atoms with Gasteiger partial charge >= 0.3 is 5.97 Å². The molecule has 6 amide bonds. The first kappa shape index (κ1) is 56.6. The zero-order valence-corrected chi connectivity index (χ0v) is 35.7. The maximum absolute atomic E-state index is 14.0. The Balaban J connectivity index is 6.66. The number of nitrogens with two attached hydrogens (primary N) is 12. The molecule has 0 spiro atoms. The molecule has 64 heavy (non-hydrogen) atoms. The number of amides is 6. The summed E-state index contributed by atoms with van der Waals surface area (Å²) in [6.45, 7) is 0.289. The molecule has 0 aliphatic carbocycles. The van der Waals surface area contributed by atoms with Crippen molar-refractivity contribution >= 4 is 71.2 Å². The standard InChI is InChI=1S/C34H68N22O8/c35-17(6-1-11-47-30(37)38)24(58)56-22(16-23(36)57)28(62)54-19(8-3-13-49-32(41)42)26(60)52-18(7-2-12-48-31(39)40)25(59)53-20(9-4-14-50-33(43)44)27(61)55-21(29(63)64)10-5-15-51-34(45)46/h17-22H,1-16,35H2,(H2,36,57)(H,52,60)(H,53,59)(H,54,62)(H,55,61)(H,56,58)(H,63,64)(H4,37,38,47)(H4,39,40,48)(H4,41,42,49)(H4,43,44,50)(H4,45,46,51)/t17-,18-,19-,20-,21-,22-/m0/s1. The average Bonchev–Trinajstić information content (AvgIpc) is 3.19.